The third-order valence-corrected chi connectivity index (χ3v) is 3.04. The predicted octanol–water partition coefficient (Wildman–Crippen LogP) is 1.13. The molecule has 1 rings (SSSR count). The van der Waals surface area contributed by atoms with Crippen molar-refractivity contribution in [2.75, 3.05) is 20.3 Å². The predicted molar refractivity (Wildman–Crippen MR) is 75.7 cm³/mol. The number of benzene rings is 1. The SMILES string of the molecule is COC(=O)[C@H](CO)NC(=O)COc1ccc(Br)cc1Cl. The van der Waals surface area contributed by atoms with E-state index < -0.39 is 24.5 Å². The van der Waals surface area contributed by atoms with Crippen molar-refractivity contribution in [2.24, 2.45) is 0 Å². The second-order valence-electron chi connectivity index (χ2n) is 3.69. The highest BCUT2D eigenvalue weighted by molar-refractivity contribution is 9.10. The van der Waals surface area contributed by atoms with E-state index in [4.69, 9.17) is 21.4 Å². The molecule has 1 atom stereocenters. The van der Waals surface area contributed by atoms with Crippen LogP contribution in [0.25, 0.3) is 0 Å². The van der Waals surface area contributed by atoms with Gasteiger partial charge in [-0.1, -0.05) is 27.5 Å². The van der Waals surface area contributed by atoms with Crippen LogP contribution in [0.1, 0.15) is 0 Å². The van der Waals surface area contributed by atoms with Crippen LogP contribution in [0.15, 0.2) is 22.7 Å². The lowest BCUT2D eigenvalue weighted by Crippen LogP contribution is -2.45. The summed E-state index contributed by atoms with van der Waals surface area (Å²) in [6.45, 7) is -0.897. The Labute approximate surface area is 129 Å². The van der Waals surface area contributed by atoms with Crippen LogP contribution in [0.2, 0.25) is 5.02 Å². The molecule has 20 heavy (non-hydrogen) atoms. The third-order valence-electron chi connectivity index (χ3n) is 2.26. The van der Waals surface area contributed by atoms with E-state index in [-0.39, 0.29) is 6.61 Å². The number of carbonyl (C=O) groups is 2. The summed E-state index contributed by atoms with van der Waals surface area (Å²) in [5.41, 5.74) is 0. The third kappa shape index (κ3) is 4.99. The van der Waals surface area contributed by atoms with Gasteiger partial charge in [-0.15, -0.1) is 0 Å². The van der Waals surface area contributed by atoms with Crippen molar-refractivity contribution in [3.8, 4) is 5.75 Å². The fourth-order valence-electron chi connectivity index (χ4n) is 1.29. The number of hydrogen-bond donors (Lipinski definition) is 2. The number of halogens is 2. The number of amides is 1. The smallest absolute Gasteiger partial charge is 0.330 e. The summed E-state index contributed by atoms with van der Waals surface area (Å²) in [4.78, 5) is 22.8. The van der Waals surface area contributed by atoms with Gasteiger partial charge in [0.25, 0.3) is 5.91 Å². The van der Waals surface area contributed by atoms with Crippen LogP contribution >= 0.6 is 27.5 Å². The maximum Gasteiger partial charge on any atom is 0.330 e. The minimum atomic E-state index is -1.11. The quantitative estimate of drug-likeness (QED) is 0.737. The normalized spacial score (nSPS) is 11.6. The summed E-state index contributed by atoms with van der Waals surface area (Å²) in [6, 6.07) is 3.82. The molecule has 1 amide bonds. The minimum absolute atomic E-state index is 0.337. The lowest BCUT2D eigenvalue weighted by atomic mass is 10.3. The zero-order valence-corrected chi connectivity index (χ0v) is 12.9. The maximum atomic E-state index is 11.6. The van der Waals surface area contributed by atoms with Gasteiger partial charge in [-0.25, -0.2) is 4.79 Å². The van der Waals surface area contributed by atoms with Gasteiger partial charge in [-0.2, -0.15) is 0 Å². The van der Waals surface area contributed by atoms with Gasteiger partial charge in [-0.3, -0.25) is 4.79 Å². The largest absolute Gasteiger partial charge is 0.482 e. The molecule has 0 fully saturated rings. The van der Waals surface area contributed by atoms with Crippen molar-refractivity contribution in [3.05, 3.63) is 27.7 Å². The van der Waals surface area contributed by atoms with Crippen molar-refractivity contribution in [3.63, 3.8) is 0 Å². The molecular weight excluding hydrogens is 353 g/mol. The van der Waals surface area contributed by atoms with Gasteiger partial charge in [0.05, 0.1) is 18.7 Å². The number of ether oxygens (including phenoxy) is 2. The van der Waals surface area contributed by atoms with Gasteiger partial charge in [0, 0.05) is 4.47 Å². The molecule has 0 aliphatic heterocycles. The Hall–Kier alpha value is -1.31. The van der Waals surface area contributed by atoms with Crippen LogP contribution in [0.3, 0.4) is 0 Å². The van der Waals surface area contributed by atoms with Gasteiger partial charge in [0.15, 0.2) is 12.6 Å². The van der Waals surface area contributed by atoms with Crippen molar-refractivity contribution >= 4 is 39.4 Å². The maximum absolute atomic E-state index is 11.6. The monoisotopic (exact) mass is 365 g/mol. The van der Waals surface area contributed by atoms with Crippen LogP contribution in [-0.2, 0) is 14.3 Å². The van der Waals surface area contributed by atoms with E-state index in [1.807, 2.05) is 0 Å². The second-order valence-corrected chi connectivity index (χ2v) is 5.01. The topological polar surface area (TPSA) is 84.9 Å². The summed E-state index contributed by atoms with van der Waals surface area (Å²) in [5.74, 6) is -0.973. The Kier molecular flexibility index (Phi) is 6.77. The van der Waals surface area contributed by atoms with Crippen molar-refractivity contribution in [1.29, 1.82) is 0 Å². The van der Waals surface area contributed by atoms with E-state index in [1.165, 1.54) is 0 Å². The van der Waals surface area contributed by atoms with E-state index in [0.29, 0.717) is 10.8 Å². The summed E-state index contributed by atoms with van der Waals surface area (Å²) >= 11 is 9.16. The molecule has 8 heteroatoms. The number of aliphatic hydroxyl groups excluding tert-OH is 1. The zero-order valence-electron chi connectivity index (χ0n) is 10.6. The highest BCUT2D eigenvalue weighted by Gasteiger charge is 2.20. The van der Waals surface area contributed by atoms with Gasteiger partial charge < -0.3 is 19.9 Å². The highest BCUT2D eigenvalue weighted by Crippen LogP contribution is 2.27. The van der Waals surface area contributed by atoms with Gasteiger partial charge in [0.1, 0.15) is 5.75 Å². The first kappa shape index (κ1) is 16.7. The molecule has 0 aliphatic carbocycles. The summed E-state index contributed by atoms with van der Waals surface area (Å²) < 4.78 is 10.4. The average molecular weight is 367 g/mol. The molecule has 6 nitrogen and oxygen atoms in total. The standard InChI is InChI=1S/C12H13BrClNO5/c1-19-12(18)9(5-16)15-11(17)6-20-10-3-2-7(13)4-8(10)14/h2-4,9,16H,5-6H2,1H3,(H,15,17)/t9-/m0/s1. The van der Waals surface area contributed by atoms with Gasteiger partial charge in [0.2, 0.25) is 0 Å². The van der Waals surface area contributed by atoms with Crippen LogP contribution < -0.4 is 10.1 Å². The first-order valence-electron chi connectivity index (χ1n) is 5.53. The highest BCUT2D eigenvalue weighted by atomic mass is 79.9. The molecule has 2 N–H and O–H groups in total. The fourth-order valence-corrected chi connectivity index (χ4v) is 2.02. The number of methoxy groups -OCH3 is 1. The molecule has 0 unspecified atom stereocenters. The number of rotatable bonds is 6. The molecule has 0 spiro atoms. The molecule has 0 bridgehead atoms. The molecule has 110 valence electrons. The Bertz CT molecular complexity index is 497. The molecule has 1 aromatic rings. The molecular formula is C12H13BrClNO5. The van der Waals surface area contributed by atoms with Crippen molar-refractivity contribution < 1.29 is 24.2 Å². The Morgan fingerprint density at radius 2 is 2.20 bits per heavy atom. The summed E-state index contributed by atoms with van der Waals surface area (Å²) in [5, 5.41) is 11.6. The summed E-state index contributed by atoms with van der Waals surface area (Å²) in [7, 11) is 1.16. The Morgan fingerprint density at radius 1 is 1.50 bits per heavy atom. The van der Waals surface area contributed by atoms with Crippen molar-refractivity contribution in [2.45, 2.75) is 6.04 Å². The van der Waals surface area contributed by atoms with E-state index in [1.54, 1.807) is 18.2 Å². The molecule has 1 aromatic carbocycles. The van der Waals surface area contributed by atoms with Gasteiger partial charge in [-0.05, 0) is 18.2 Å². The lowest BCUT2D eigenvalue weighted by molar-refractivity contribution is -0.146. The van der Waals surface area contributed by atoms with E-state index in [2.05, 4.69) is 26.0 Å². The number of carbonyl (C=O) groups excluding carboxylic acids is 2. The molecule has 0 saturated carbocycles. The Balaban J connectivity index is 2.52. The van der Waals surface area contributed by atoms with Crippen LogP contribution in [0.5, 0.6) is 5.75 Å². The lowest BCUT2D eigenvalue weighted by Gasteiger charge is -2.14. The number of hydrogen-bond acceptors (Lipinski definition) is 5. The second kappa shape index (κ2) is 8.08. The van der Waals surface area contributed by atoms with E-state index >= 15 is 0 Å². The first-order valence-corrected chi connectivity index (χ1v) is 6.71. The number of aliphatic hydroxyl groups is 1. The molecule has 0 aliphatic rings. The molecule has 0 radical (unpaired) electrons. The van der Waals surface area contributed by atoms with Gasteiger partial charge >= 0.3 is 5.97 Å². The minimum Gasteiger partial charge on any atom is -0.482 e. The number of esters is 1. The van der Waals surface area contributed by atoms with Crippen LogP contribution in [-0.4, -0.2) is 43.3 Å². The summed E-state index contributed by atoms with van der Waals surface area (Å²) in [6.07, 6.45) is 0. The number of nitrogens with one attached hydrogen (secondary N) is 1. The van der Waals surface area contributed by atoms with E-state index in [0.717, 1.165) is 11.6 Å². The van der Waals surface area contributed by atoms with Crippen LogP contribution in [0.4, 0.5) is 0 Å². The average Bonchev–Trinajstić information content (AvgIpc) is 2.43. The molecule has 0 saturated heterocycles. The fraction of sp³-hybridized carbons (Fsp3) is 0.333. The van der Waals surface area contributed by atoms with E-state index in [9.17, 15) is 9.59 Å². The van der Waals surface area contributed by atoms with Crippen LogP contribution in [0, 0.1) is 0 Å². The first-order chi connectivity index (χ1) is 9.47. The van der Waals surface area contributed by atoms with Crippen molar-refractivity contribution in [1.82, 2.24) is 5.32 Å². The molecule has 0 heterocycles. The Morgan fingerprint density at radius 3 is 2.75 bits per heavy atom. The zero-order chi connectivity index (χ0) is 15.1. The molecule has 0 aromatic heterocycles.